The first-order valence-corrected chi connectivity index (χ1v) is 4.29. The summed E-state index contributed by atoms with van der Waals surface area (Å²) in [5, 5.41) is 13.3. The second-order valence-electron chi connectivity index (χ2n) is 3.52. The monoisotopic (exact) mass is 185 g/mol. The number of hydrogen-bond acceptors (Lipinski definition) is 3. The molecule has 1 N–H and O–H groups in total. The number of aliphatic hydroxyl groups excluding tert-OH is 1. The minimum atomic E-state index is -0.521. The van der Waals surface area contributed by atoms with Crippen LogP contribution in [0, 0.1) is 5.92 Å². The quantitative estimate of drug-likeness (QED) is 0.697. The van der Waals surface area contributed by atoms with Gasteiger partial charge < -0.3 is 5.11 Å². The van der Waals surface area contributed by atoms with Crippen molar-refractivity contribution in [1.82, 2.24) is 14.3 Å². The molecule has 1 unspecified atom stereocenters. The summed E-state index contributed by atoms with van der Waals surface area (Å²) in [4.78, 5) is 11.3. The largest absolute Gasteiger partial charge is 0.391 e. The van der Waals surface area contributed by atoms with Crippen LogP contribution >= 0.6 is 0 Å². The third-order valence-corrected chi connectivity index (χ3v) is 2.02. The van der Waals surface area contributed by atoms with Crippen LogP contribution in [0.15, 0.2) is 11.1 Å². The molecule has 0 bridgehead atoms. The van der Waals surface area contributed by atoms with E-state index in [0.717, 1.165) is 0 Å². The predicted molar refractivity (Wildman–Crippen MR) is 48.3 cm³/mol. The van der Waals surface area contributed by atoms with E-state index in [1.165, 1.54) is 15.6 Å². The van der Waals surface area contributed by atoms with Gasteiger partial charge in [0, 0.05) is 7.05 Å². The molecule has 1 atom stereocenters. The minimum Gasteiger partial charge on any atom is -0.391 e. The van der Waals surface area contributed by atoms with Crippen molar-refractivity contribution in [3.63, 3.8) is 0 Å². The van der Waals surface area contributed by atoms with Crippen molar-refractivity contribution in [2.75, 3.05) is 0 Å². The zero-order chi connectivity index (χ0) is 10.0. The summed E-state index contributed by atoms with van der Waals surface area (Å²) in [6.45, 7) is 4.06. The summed E-state index contributed by atoms with van der Waals surface area (Å²) in [7, 11) is 1.63. The fourth-order valence-electron chi connectivity index (χ4n) is 0.934. The van der Waals surface area contributed by atoms with Crippen molar-refractivity contribution in [3.8, 4) is 0 Å². The Labute approximate surface area is 76.6 Å². The van der Waals surface area contributed by atoms with E-state index in [2.05, 4.69) is 5.10 Å². The third kappa shape index (κ3) is 2.18. The standard InChI is InChI=1S/C8H15N3O2/c1-6(2)7(12)4-11-8(13)10(3)5-9-11/h5-7,12H,4H2,1-3H3. The molecule has 5 heteroatoms. The Morgan fingerprint density at radius 3 is 2.62 bits per heavy atom. The molecule has 0 aliphatic carbocycles. The van der Waals surface area contributed by atoms with Gasteiger partial charge in [-0.15, -0.1) is 0 Å². The van der Waals surface area contributed by atoms with Crippen LogP contribution < -0.4 is 5.69 Å². The van der Waals surface area contributed by atoms with Gasteiger partial charge in [-0.25, -0.2) is 9.48 Å². The molecule has 74 valence electrons. The Bertz CT molecular complexity index is 326. The summed E-state index contributed by atoms with van der Waals surface area (Å²) in [5.74, 6) is 0.133. The van der Waals surface area contributed by atoms with Gasteiger partial charge in [0.15, 0.2) is 0 Å². The van der Waals surface area contributed by atoms with Crippen molar-refractivity contribution >= 4 is 0 Å². The smallest absolute Gasteiger partial charge is 0.345 e. The van der Waals surface area contributed by atoms with Crippen LogP contribution in [0.5, 0.6) is 0 Å². The van der Waals surface area contributed by atoms with Crippen molar-refractivity contribution in [1.29, 1.82) is 0 Å². The molecule has 0 aliphatic rings. The van der Waals surface area contributed by atoms with Gasteiger partial charge in [0.25, 0.3) is 0 Å². The van der Waals surface area contributed by atoms with Gasteiger partial charge >= 0.3 is 5.69 Å². The van der Waals surface area contributed by atoms with E-state index in [9.17, 15) is 9.90 Å². The highest BCUT2D eigenvalue weighted by Gasteiger charge is 2.12. The summed E-state index contributed by atoms with van der Waals surface area (Å²) in [6.07, 6.45) is 0.919. The van der Waals surface area contributed by atoms with E-state index in [0.29, 0.717) is 0 Å². The molecule has 1 rings (SSSR count). The summed E-state index contributed by atoms with van der Waals surface area (Å²) in [5.41, 5.74) is -0.195. The van der Waals surface area contributed by atoms with E-state index in [1.54, 1.807) is 7.05 Å². The zero-order valence-electron chi connectivity index (χ0n) is 8.14. The average Bonchev–Trinajstić information content (AvgIpc) is 2.36. The zero-order valence-corrected chi connectivity index (χ0v) is 8.14. The van der Waals surface area contributed by atoms with Crippen LogP contribution in [0.3, 0.4) is 0 Å². The first-order valence-electron chi connectivity index (χ1n) is 4.29. The van der Waals surface area contributed by atoms with Crippen LogP contribution in [0.4, 0.5) is 0 Å². The molecular weight excluding hydrogens is 170 g/mol. The highest BCUT2D eigenvalue weighted by atomic mass is 16.3. The Morgan fingerprint density at radius 2 is 2.23 bits per heavy atom. The van der Waals surface area contributed by atoms with Gasteiger partial charge in [0.1, 0.15) is 6.33 Å². The molecular formula is C8H15N3O2. The highest BCUT2D eigenvalue weighted by molar-refractivity contribution is 4.68. The molecule has 0 radical (unpaired) electrons. The Hall–Kier alpha value is -1.10. The Balaban J connectivity index is 2.75. The maximum atomic E-state index is 11.3. The van der Waals surface area contributed by atoms with Gasteiger partial charge in [0.2, 0.25) is 0 Å². The Morgan fingerprint density at radius 1 is 1.62 bits per heavy atom. The van der Waals surface area contributed by atoms with Gasteiger partial charge in [0.05, 0.1) is 12.6 Å². The fraction of sp³-hybridized carbons (Fsp3) is 0.750. The second-order valence-corrected chi connectivity index (χ2v) is 3.52. The van der Waals surface area contributed by atoms with Crippen molar-refractivity contribution in [3.05, 3.63) is 16.8 Å². The van der Waals surface area contributed by atoms with E-state index in [1.807, 2.05) is 13.8 Å². The Kier molecular flexibility index (Phi) is 2.87. The summed E-state index contributed by atoms with van der Waals surface area (Å²) in [6, 6.07) is 0. The maximum absolute atomic E-state index is 11.3. The molecule has 0 fully saturated rings. The van der Waals surface area contributed by atoms with E-state index in [-0.39, 0.29) is 18.2 Å². The number of aliphatic hydroxyl groups is 1. The molecule has 0 saturated heterocycles. The van der Waals surface area contributed by atoms with Crippen LogP contribution in [-0.4, -0.2) is 25.6 Å². The lowest BCUT2D eigenvalue weighted by Gasteiger charge is -2.12. The molecule has 0 spiro atoms. The van der Waals surface area contributed by atoms with Crippen LogP contribution in [0.25, 0.3) is 0 Å². The number of hydrogen-bond donors (Lipinski definition) is 1. The minimum absolute atomic E-state index is 0.133. The average molecular weight is 185 g/mol. The molecule has 13 heavy (non-hydrogen) atoms. The fourth-order valence-corrected chi connectivity index (χ4v) is 0.934. The SMILES string of the molecule is CC(C)C(O)Cn1ncn(C)c1=O. The van der Waals surface area contributed by atoms with Gasteiger partial charge in [-0.3, -0.25) is 4.57 Å². The number of aryl methyl sites for hydroxylation is 1. The molecule has 1 heterocycles. The molecule has 0 aliphatic heterocycles. The maximum Gasteiger partial charge on any atom is 0.345 e. The lowest BCUT2D eigenvalue weighted by Crippen LogP contribution is -2.30. The molecule has 1 aromatic heterocycles. The molecule has 1 aromatic rings. The lowest BCUT2D eigenvalue weighted by atomic mass is 10.1. The van der Waals surface area contributed by atoms with Crippen LogP contribution in [0.2, 0.25) is 0 Å². The van der Waals surface area contributed by atoms with Crippen LogP contribution in [0.1, 0.15) is 13.8 Å². The lowest BCUT2D eigenvalue weighted by molar-refractivity contribution is 0.101. The van der Waals surface area contributed by atoms with Crippen molar-refractivity contribution < 1.29 is 5.11 Å². The molecule has 0 saturated carbocycles. The normalized spacial score (nSPS) is 13.6. The van der Waals surface area contributed by atoms with Gasteiger partial charge in [-0.1, -0.05) is 13.8 Å². The molecule has 5 nitrogen and oxygen atoms in total. The predicted octanol–water partition coefficient (Wildman–Crippen LogP) is -0.401. The first kappa shape index (κ1) is 9.98. The summed E-state index contributed by atoms with van der Waals surface area (Å²) < 4.78 is 2.65. The number of nitrogens with zero attached hydrogens (tertiary/aromatic N) is 3. The number of aromatic nitrogens is 3. The van der Waals surface area contributed by atoms with E-state index >= 15 is 0 Å². The second kappa shape index (κ2) is 3.74. The number of rotatable bonds is 3. The van der Waals surface area contributed by atoms with E-state index < -0.39 is 6.10 Å². The molecule has 0 aromatic carbocycles. The van der Waals surface area contributed by atoms with Crippen LogP contribution in [-0.2, 0) is 13.6 Å². The summed E-state index contributed by atoms with van der Waals surface area (Å²) >= 11 is 0. The van der Waals surface area contributed by atoms with Crippen molar-refractivity contribution in [2.45, 2.75) is 26.5 Å². The topological polar surface area (TPSA) is 60.0 Å². The first-order chi connectivity index (χ1) is 6.02. The highest BCUT2D eigenvalue weighted by Crippen LogP contribution is 2.01. The van der Waals surface area contributed by atoms with Gasteiger partial charge in [-0.2, -0.15) is 5.10 Å². The molecule has 0 amide bonds. The third-order valence-electron chi connectivity index (χ3n) is 2.02. The van der Waals surface area contributed by atoms with Gasteiger partial charge in [-0.05, 0) is 5.92 Å². The van der Waals surface area contributed by atoms with Crippen molar-refractivity contribution in [2.24, 2.45) is 13.0 Å². The van der Waals surface area contributed by atoms with E-state index in [4.69, 9.17) is 0 Å².